The summed E-state index contributed by atoms with van der Waals surface area (Å²) in [4.78, 5) is 17.2. The van der Waals surface area contributed by atoms with Crippen molar-refractivity contribution in [2.75, 3.05) is 18.4 Å². The second-order valence-corrected chi connectivity index (χ2v) is 9.70. The maximum absolute atomic E-state index is 13.2. The Morgan fingerprint density at radius 1 is 1.03 bits per heavy atom. The summed E-state index contributed by atoms with van der Waals surface area (Å²) in [7, 11) is -3.67. The van der Waals surface area contributed by atoms with Crippen LogP contribution in [0, 0.1) is 19.8 Å². The number of piperidine rings is 1. The van der Waals surface area contributed by atoms with E-state index in [-0.39, 0.29) is 16.7 Å². The van der Waals surface area contributed by atoms with Gasteiger partial charge in [-0.15, -0.1) is 0 Å². The molecule has 0 radical (unpaired) electrons. The van der Waals surface area contributed by atoms with Crippen LogP contribution in [0.2, 0.25) is 0 Å². The Labute approximate surface area is 177 Å². The lowest BCUT2D eigenvalue weighted by atomic mass is 9.97. The van der Waals surface area contributed by atoms with E-state index in [1.807, 2.05) is 44.2 Å². The Balaban J connectivity index is 1.46. The predicted molar refractivity (Wildman–Crippen MR) is 118 cm³/mol. The van der Waals surface area contributed by atoms with Crippen LogP contribution in [0.5, 0.6) is 0 Å². The summed E-state index contributed by atoms with van der Waals surface area (Å²) in [6, 6.07) is 14.7. The van der Waals surface area contributed by atoms with Crippen LogP contribution in [-0.2, 0) is 14.8 Å². The minimum absolute atomic E-state index is 0.0536. The first-order valence-corrected chi connectivity index (χ1v) is 11.5. The molecule has 30 heavy (non-hydrogen) atoms. The fraction of sp³-hybridized carbons (Fsp3) is 0.304. The number of nitrogens with one attached hydrogen (secondary N) is 1. The van der Waals surface area contributed by atoms with E-state index in [1.54, 1.807) is 24.4 Å². The van der Waals surface area contributed by atoms with Gasteiger partial charge in [-0.05, 0) is 62.1 Å². The number of carbonyl (C=O) groups excluding carboxylic acids is 1. The fourth-order valence-corrected chi connectivity index (χ4v) is 5.48. The summed E-state index contributed by atoms with van der Waals surface area (Å²) in [6.07, 6.45) is 2.59. The maximum atomic E-state index is 13.2. The summed E-state index contributed by atoms with van der Waals surface area (Å²) < 4.78 is 27.9. The number of para-hydroxylation sites is 1. The molecule has 1 fully saturated rings. The van der Waals surface area contributed by atoms with Crippen LogP contribution < -0.4 is 5.32 Å². The Morgan fingerprint density at radius 2 is 1.77 bits per heavy atom. The summed E-state index contributed by atoms with van der Waals surface area (Å²) in [5.74, 6) is -0.258. The van der Waals surface area contributed by atoms with E-state index in [0.29, 0.717) is 31.4 Å². The smallest absolute Gasteiger partial charge is 0.245 e. The van der Waals surface area contributed by atoms with E-state index in [0.717, 1.165) is 16.6 Å². The Bertz CT molecular complexity index is 1190. The van der Waals surface area contributed by atoms with Gasteiger partial charge in [0.15, 0.2) is 0 Å². The SMILES string of the molecule is Cc1ccc(NC(=O)C2CCN(S(=O)(=O)c3cccc4cccnc34)CC2)cc1C. The predicted octanol–water partition coefficient (Wildman–Crippen LogP) is 3.89. The van der Waals surface area contributed by atoms with Gasteiger partial charge in [0.25, 0.3) is 0 Å². The van der Waals surface area contributed by atoms with Gasteiger partial charge in [-0.1, -0.05) is 24.3 Å². The normalized spacial score (nSPS) is 15.9. The van der Waals surface area contributed by atoms with Crippen molar-refractivity contribution in [2.45, 2.75) is 31.6 Å². The van der Waals surface area contributed by atoms with Gasteiger partial charge in [0, 0.05) is 36.3 Å². The van der Waals surface area contributed by atoms with E-state index >= 15 is 0 Å². The Kier molecular flexibility index (Phi) is 5.58. The van der Waals surface area contributed by atoms with Crippen LogP contribution in [0.1, 0.15) is 24.0 Å². The van der Waals surface area contributed by atoms with E-state index in [2.05, 4.69) is 10.3 Å². The van der Waals surface area contributed by atoms with Crippen molar-refractivity contribution in [3.8, 4) is 0 Å². The van der Waals surface area contributed by atoms with Crippen molar-refractivity contribution >= 4 is 32.5 Å². The summed E-state index contributed by atoms with van der Waals surface area (Å²) in [6.45, 7) is 4.67. The molecule has 0 unspecified atom stereocenters. The van der Waals surface area contributed by atoms with Crippen LogP contribution >= 0.6 is 0 Å². The van der Waals surface area contributed by atoms with Crippen LogP contribution in [0.25, 0.3) is 10.9 Å². The van der Waals surface area contributed by atoms with Gasteiger partial charge in [0.1, 0.15) is 4.90 Å². The molecule has 4 rings (SSSR count). The molecule has 2 heterocycles. The molecule has 0 saturated carbocycles. The molecule has 0 bridgehead atoms. The first-order chi connectivity index (χ1) is 14.4. The molecule has 156 valence electrons. The lowest BCUT2D eigenvalue weighted by Gasteiger charge is -2.30. The van der Waals surface area contributed by atoms with Gasteiger partial charge in [-0.3, -0.25) is 9.78 Å². The third-order valence-electron chi connectivity index (χ3n) is 5.81. The van der Waals surface area contributed by atoms with Crippen LogP contribution in [0.15, 0.2) is 59.6 Å². The molecule has 1 N–H and O–H groups in total. The van der Waals surface area contributed by atoms with Gasteiger partial charge in [0.05, 0.1) is 5.52 Å². The molecule has 7 heteroatoms. The highest BCUT2D eigenvalue weighted by Gasteiger charge is 2.33. The zero-order valence-electron chi connectivity index (χ0n) is 17.1. The Hall–Kier alpha value is -2.77. The number of carbonyl (C=O) groups is 1. The van der Waals surface area contributed by atoms with Crippen LogP contribution in [0.3, 0.4) is 0 Å². The van der Waals surface area contributed by atoms with Crippen LogP contribution in [0.4, 0.5) is 5.69 Å². The molecule has 2 aromatic carbocycles. The topological polar surface area (TPSA) is 79.4 Å². The average molecular weight is 424 g/mol. The second-order valence-electron chi connectivity index (χ2n) is 7.80. The van der Waals surface area contributed by atoms with Crippen molar-refractivity contribution < 1.29 is 13.2 Å². The van der Waals surface area contributed by atoms with E-state index in [9.17, 15) is 13.2 Å². The zero-order valence-corrected chi connectivity index (χ0v) is 17.9. The molecule has 1 aliphatic heterocycles. The molecular formula is C23H25N3O3S. The molecule has 6 nitrogen and oxygen atoms in total. The largest absolute Gasteiger partial charge is 0.326 e. The Morgan fingerprint density at radius 3 is 2.50 bits per heavy atom. The third kappa shape index (κ3) is 3.95. The number of aryl methyl sites for hydroxylation is 2. The first-order valence-electron chi connectivity index (χ1n) is 10.1. The molecule has 1 amide bonds. The molecule has 0 aliphatic carbocycles. The number of rotatable bonds is 4. The first kappa shape index (κ1) is 20.5. The third-order valence-corrected chi connectivity index (χ3v) is 7.74. The maximum Gasteiger partial charge on any atom is 0.245 e. The van der Waals surface area contributed by atoms with E-state index in [4.69, 9.17) is 0 Å². The number of aromatic nitrogens is 1. The van der Waals surface area contributed by atoms with Crippen molar-refractivity contribution in [3.05, 3.63) is 65.9 Å². The van der Waals surface area contributed by atoms with Gasteiger partial charge in [-0.25, -0.2) is 8.42 Å². The molecule has 1 aliphatic rings. The number of pyridine rings is 1. The number of fused-ring (bicyclic) bond motifs is 1. The fourth-order valence-electron chi connectivity index (χ4n) is 3.85. The summed E-state index contributed by atoms with van der Waals surface area (Å²) in [5.41, 5.74) is 3.56. The summed E-state index contributed by atoms with van der Waals surface area (Å²) in [5, 5.41) is 3.77. The number of amides is 1. The molecule has 1 aromatic heterocycles. The minimum atomic E-state index is -3.67. The number of benzene rings is 2. The number of anilines is 1. The van der Waals surface area contributed by atoms with Crippen molar-refractivity contribution in [1.82, 2.24) is 9.29 Å². The number of hydrogen-bond acceptors (Lipinski definition) is 4. The molecular weight excluding hydrogens is 398 g/mol. The van der Waals surface area contributed by atoms with E-state index in [1.165, 1.54) is 9.87 Å². The molecule has 3 aromatic rings. The highest BCUT2D eigenvalue weighted by Crippen LogP contribution is 2.28. The van der Waals surface area contributed by atoms with Crippen molar-refractivity contribution in [3.63, 3.8) is 0 Å². The lowest BCUT2D eigenvalue weighted by Crippen LogP contribution is -2.41. The molecule has 1 saturated heterocycles. The van der Waals surface area contributed by atoms with E-state index < -0.39 is 10.0 Å². The van der Waals surface area contributed by atoms with Crippen molar-refractivity contribution in [1.29, 1.82) is 0 Å². The lowest BCUT2D eigenvalue weighted by molar-refractivity contribution is -0.120. The molecule has 0 spiro atoms. The highest BCUT2D eigenvalue weighted by atomic mass is 32.2. The van der Waals surface area contributed by atoms with Gasteiger partial charge >= 0.3 is 0 Å². The number of sulfonamides is 1. The minimum Gasteiger partial charge on any atom is -0.326 e. The van der Waals surface area contributed by atoms with Gasteiger partial charge < -0.3 is 5.32 Å². The molecule has 0 atom stereocenters. The van der Waals surface area contributed by atoms with Gasteiger partial charge in [-0.2, -0.15) is 4.31 Å². The monoisotopic (exact) mass is 423 g/mol. The summed E-state index contributed by atoms with van der Waals surface area (Å²) >= 11 is 0. The van der Waals surface area contributed by atoms with Crippen LogP contribution in [-0.4, -0.2) is 36.7 Å². The standard InChI is InChI=1S/C23H25N3O3S/c1-16-8-9-20(15-17(16)2)25-23(27)19-10-13-26(14-11-19)30(28,29)21-7-3-5-18-6-4-12-24-22(18)21/h3-9,12,15,19H,10-11,13-14H2,1-2H3,(H,25,27). The van der Waals surface area contributed by atoms with Crippen molar-refractivity contribution in [2.24, 2.45) is 5.92 Å². The number of nitrogens with zero attached hydrogens (tertiary/aromatic N) is 2. The van der Waals surface area contributed by atoms with Gasteiger partial charge in [0.2, 0.25) is 15.9 Å². The quantitative estimate of drug-likeness (QED) is 0.690. The number of hydrogen-bond donors (Lipinski definition) is 1. The zero-order chi connectivity index (χ0) is 21.3. The highest BCUT2D eigenvalue weighted by molar-refractivity contribution is 7.89. The average Bonchev–Trinajstić information content (AvgIpc) is 2.76. The second kappa shape index (κ2) is 8.16.